The van der Waals surface area contributed by atoms with Gasteiger partial charge in [-0.3, -0.25) is 4.99 Å². The molecule has 1 heterocycles. The predicted molar refractivity (Wildman–Crippen MR) is 70.0 cm³/mol. The number of allylic oxidation sites excluding steroid dienone is 1. The zero-order chi connectivity index (χ0) is 12.4. The SMILES string of the molecule is CN=CC(=CN)c1cc2c(cc1F)N(C)CC2. The van der Waals surface area contributed by atoms with E-state index in [-0.39, 0.29) is 5.82 Å². The number of likely N-dealkylation sites (N-methyl/N-ethyl adjacent to an activating group) is 1. The molecule has 4 heteroatoms. The summed E-state index contributed by atoms with van der Waals surface area (Å²) < 4.78 is 14.0. The number of rotatable bonds is 2. The highest BCUT2D eigenvalue weighted by Gasteiger charge is 2.19. The molecule has 3 nitrogen and oxygen atoms in total. The third-order valence-corrected chi connectivity index (χ3v) is 3.05. The molecule has 90 valence electrons. The summed E-state index contributed by atoms with van der Waals surface area (Å²) in [6, 6.07) is 3.44. The van der Waals surface area contributed by atoms with Crippen molar-refractivity contribution in [2.45, 2.75) is 6.42 Å². The Balaban J connectivity index is 2.50. The molecule has 1 aromatic carbocycles. The van der Waals surface area contributed by atoms with Gasteiger partial charge in [0, 0.05) is 49.9 Å². The summed E-state index contributed by atoms with van der Waals surface area (Å²) in [5.41, 5.74) is 8.76. The van der Waals surface area contributed by atoms with Crippen LogP contribution in [0.5, 0.6) is 0 Å². The van der Waals surface area contributed by atoms with Crippen molar-refractivity contribution in [1.29, 1.82) is 0 Å². The second kappa shape index (κ2) is 4.57. The molecule has 2 N–H and O–H groups in total. The largest absolute Gasteiger partial charge is 0.404 e. The van der Waals surface area contributed by atoms with E-state index in [1.165, 1.54) is 6.20 Å². The Kier molecular flexibility index (Phi) is 3.13. The highest BCUT2D eigenvalue weighted by atomic mass is 19.1. The van der Waals surface area contributed by atoms with Crippen LogP contribution >= 0.6 is 0 Å². The predicted octanol–water partition coefficient (Wildman–Crippen LogP) is 1.82. The molecule has 1 aliphatic rings. The number of hydrogen-bond acceptors (Lipinski definition) is 3. The molecule has 0 atom stereocenters. The van der Waals surface area contributed by atoms with Crippen LogP contribution in [0.4, 0.5) is 10.1 Å². The molecule has 0 unspecified atom stereocenters. The molecule has 1 aliphatic heterocycles. The number of benzene rings is 1. The van der Waals surface area contributed by atoms with E-state index in [1.807, 2.05) is 13.1 Å². The van der Waals surface area contributed by atoms with E-state index in [1.54, 1.807) is 19.3 Å². The maximum absolute atomic E-state index is 14.0. The molecule has 0 amide bonds. The molecule has 0 radical (unpaired) electrons. The topological polar surface area (TPSA) is 41.6 Å². The molecule has 0 fully saturated rings. The number of anilines is 1. The van der Waals surface area contributed by atoms with Crippen molar-refractivity contribution < 1.29 is 4.39 Å². The minimum absolute atomic E-state index is 0.255. The monoisotopic (exact) mass is 233 g/mol. The van der Waals surface area contributed by atoms with Gasteiger partial charge in [0.25, 0.3) is 0 Å². The van der Waals surface area contributed by atoms with Gasteiger partial charge in [-0.2, -0.15) is 0 Å². The summed E-state index contributed by atoms with van der Waals surface area (Å²) in [5.74, 6) is -0.255. The number of aliphatic imine (C=N–C) groups is 1. The van der Waals surface area contributed by atoms with E-state index in [2.05, 4.69) is 9.89 Å². The van der Waals surface area contributed by atoms with Crippen molar-refractivity contribution >= 4 is 17.5 Å². The Bertz CT molecular complexity index is 492. The number of fused-ring (bicyclic) bond motifs is 1. The summed E-state index contributed by atoms with van der Waals surface area (Å²) in [4.78, 5) is 5.94. The number of hydrogen-bond donors (Lipinski definition) is 1. The van der Waals surface area contributed by atoms with Gasteiger partial charge in [-0.1, -0.05) is 0 Å². The smallest absolute Gasteiger partial charge is 0.133 e. The van der Waals surface area contributed by atoms with Crippen molar-refractivity contribution in [3.05, 3.63) is 35.3 Å². The molecule has 17 heavy (non-hydrogen) atoms. The molecule has 0 bridgehead atoms. The minimum atomic E-state index is -0.255. The van der Waals surface area contributed by atoms with Gasteiger partial charge in [-0.15, -0.1) is 0 Å². The zero-order valence-electron chi connectivity index (χ0n) is 10.1. The van der Waals surface area contributed by atoms with Crippen LogP contribution < -0.4 is 10.6 Å². The standard InChI is InChI=1S/C13H16FN3/c1-16-8-10(7-15)11-5-9-3-4-17(2)13(9)6-12(11)14/h5-8H,3-4,15H2,1-2H3. The van der Waals surface area contributed by atoms with Crippen LogP contribution in [0, 0.1) is 5.82 Å². The lowest BCUT2D eigenvalue weighted by atomic mass is 10.0. The second-order valence-electron chi connectivity index (χ2n) is 4.14. The Morgan fingerprint density at radius 1 is 1.53 bits per heavy atom. The van der Waals surface area contributed by atoms with E-state index in [9.17, 15) is 4.39 Å². The Morgan fingerprint density at radius 3 is 2.94 bits per heavy atom. The minimum Gasteiger partial charge on any atom is -0.404 e. The third kappa shape index (κ3) is 2.02. The number of nitrogens with two attached hydrogens (primary N) is 1. The zero-order valence-corrected chi connectivity index (χ0v) is 10.1. The molecular formula is C13H16FN3. The fourth-order valence-corrected chi connectivity index (χ4v) is 2.13. The Morgan fingerprint density at radius 2 is 2.29 bits per heavy atom. The van der Waals surface area contributed by atoms with E-state index in [0.29, 0.717) is 11.1 Å². The van der Waals surface area contributed by atoms with E-state index in [0.717, 1.165) is 24.2 Å². The fourth-order valence-electron chi connectivity index (χ4n) is 2.13. The summed E-state index contributed by atoms with van der Waals surface area (Å²) in [6.07, 6.45) is 3.90. The molecular weight excluding hydrogens is 217 g/mol. The van der Waals surface area contributed by atoms with Crippen molar-refractivity contribution in [1.82, 2.24) is 0 Å². The molecule has 0 saturated carbocycles. The van der Waals surface area contributed by atoms with Crippen LogP contribution in [-0.2, 0) is 6.42 Å². The maximum atomic E-state index is 14.0. The van der Waals surface area contributed by atoms with Gasteiger partial charge < -0.3 is 10.6 Å². The number of halogens is 1. The first-order valence-corrected chi connectivity index (χ1v) is 5.55. The van der Waals surface area contributed by atoms with Crippen LogP contribution in [0.2, 0.25) is 0 Å². The van der Waals surface area contributed by atoms with Crippen LogP contribution in [0.25, 0.3) is 5.57 Å². The van der Waals surface area contributed by atoms with E-state index in [4.69, 9.17) is 5.73 Å². The van der Waals surface area contributed by atoms with Gasteiger partial charge in [0.2, 0.25) is 0 Å². The lowest BCUT2D eigenvalue weighted by Gasteiger charge is -2.13. The van der Waals surface area contributed by atoms with Crippen molar-refractivity contribution in [2.75, 3.05) is 25.5 Å². The normalized spacial score (nSPS) is 15.7. The van der Waals surface area contributed by atoms with Crippen LogP contribution in [-0.4, -0.2) is 26.9 Å². The quantitative estimate of drug-likeness (QED) is 0.792. The molecule has 0 aliphatic carbocycles. The Hall–Kier alpha value is -1.84. The average molecular weight is 233 g/mol. The summed E-state index contributed by atoms with van der Waals surface area (Å²) in [7, 11) is 3.61. The van der Waals surface area contributed by atoms with Gasteiger partial charge >= 0.3 is 0 Å². The van der Waals surface area contributed by atoms with Gasteiger partial charge in [-0.25, -0.2) is 4.39 Å². The van der Waals surface area contributed by atoms with Gasteiger partial charge in [0.1, 0.15) is 5.82 Å². The lowest BCUT2D eigenvalue weighted by Crippen LogP contribution is -2.12. The van der Waals surface area contributed by atoms with Gasteiger partial charge in [-0.05, 0) is 24.1 Å². The van der Waals surface area contributed by atoms with E-state index >= 15 is 0 Å². The van der Waals surface area contributed by atoms with Crippen LogP contribution in [0.1, 0.15) is 11.1 Å². The van der Waals surface area contributed by atoms with Crippen LogP contribution in [0.15, 0.2) is 23.3 Å². The summed E-state index contributed by atoms with van der Waals surface area (Å²) in [5, 5.41) is 0. The summed E-state index contributed by atoms with van der Waals surface area (Å²) >= 11 is 0. The van der Waals surface area contributed by atoms with E-state index < -0.39 is 0 Å². The second-order valence-corrected chi connectivity index (χ2v) is 4.14. The fraction of sp³-hybridized carbons (Fsp3) is 0.308. The average Bonchev–Trinajstić information content (AvgIpc) is 2.67. The van der Waals surface area contributed by atoms with Crippen molar-refractivity contribution in [3.63, 3.8) is 0 Å². The first-order valence-electron chi connectivity index (χ1n) is 5.55. The van der Waals surface area contributed by atoms with Crippen molar-refractivity contribution in [3.8, 4) is 0 Å². The molecule has 2 rings (SSSR count). The lowest BCUT2D eigenvalue weighted by molar-refractivity contribution is 0.624. The maximum Gasteiger partial charge on any atom is 0.133 e. The summed E-state index contributed by atoms with van der Waals surface area (Å²) in [6.45, 7) is 0.932. The van der Waals surface area contributed by atoms with Crippen LogP contribution in [0.3, 0.4) is 0 Å². The molecule has 0 spiro atoms. The molecule has 0 saturated heterocycles. The number of nitrogens with zero attached hydrogens (tertiary/aromatic N) is 2. The Labute approximate surface area is 100 Å². The third-order valence-electron chi connectivity index (χ3n) is 3.05. The van der Waals surface area contributed by atoms with Gasteiger partial charge in [0.05, 0.1) is 0 Å². The van der Waals surface area contributed by atoms with Crippen molar-refractivity contribution in [2.24, 2.45) is 10.7 Å². The first kappa shape index (κ1) is 11.6. The highest BCUT2D eigenvalue weighted by Crippen LogP contribution is 2.31. The first-order chi connectivity index (χ1) is 8.17. The highest BCUT2D eigenvalue weighted by molar-refractivity contribution is 6.09. The molecule has 0 aromatic heterocycles. The molecule has 1 aromatic rings. The van der Waals surface area contributed by atoms with Gasteiger partial charge in [0.15, 0.2) is 0 Å².